The second-order valence-corrected chi connectivity index (χ2v) is 13.1. The number of halogens is 1. The molecule has 1 atom stereocenters. The Morgan fingerprint density at radius 3 is 2.19 bits per heavy atom. The number of hydrogen-bond donors (Lipinski definition) is 1. The Morgan fingerprint density at radius 2 is 1.53 bits per heavy atom. The monoisotopic (exact) mass is 661 g/mol. The molecule has 0 spiro atoms. The minimum absolute atomic E-state index is 0.0703. The number of benzene rings is 4. The van der Waals surface area contributed by atoms with E-state index in [1.54, 1.807) is 36.4 Å². The van der Waals surface area contributed by atoms with Crippen molar-refractivity contribution >= 4 is 43.5 Å². The van der Waals surface area contributed by atoms with Gasteiger partial charge in [-0.25, -0.2) is 8.42 Å². The third-order valence-electron chi connectivity index (χ3n) is 7.21. The van der Waals surface area contributed by atoms with Gasteiger partial charge in [-0.1, -0.05) is 94.3 Å². The van der Waals surface area contributed by atoms with Crippen molar-refractivity contribution in [1.82, 2.24) is 10.2 Å². The van der Waals surface area contributed by atoms with Gasteiger partial charge >= 0.3 is 0 Å². The average molecular weight is 663 g/mol. The predicted octanol–water partition coefficient (Wildman–Crippen LogP) is 6.04. The molecule has 0 aliphatic carbocycles. The molecule has 224 valence electrons. The van der Waals surface area contributed by atoms with Crippen LogP contribution in [0.4, 0.5) is 5.69 Å². The molecule has 0 aliphatic rings. The van der Waals surface area contributed by atoms with E-state index in [4.69, 9.17) is 0 Å². The summed E-state index contributed by atoms with van der Waals surface area (Å²) in [5.41, 5.74) is 3.97. The van der Waals surface area contributed by atoms with Gasteiger partial charge in [0.1, 0.15) is 12.6 Å². The first-order chi connectivity index (χ1) is 20.6. The third kappa shape index (κ3) is 8.12. The smallest absolute Gasteiger partial charge is 0.264 e. The van der Waals surface area contributed by atoms with E-state index < -0.39 is 28.5 Å². The highest BCUT2D eigenvalue weighted by molar-refractivity contribution is 9.10. The normalized spacial score (nSPS) is 11.9. The van der Waals surface area contributed by atoms with Crippen molar-refractivity contribution in [3.05, 3.63) is 130 Å². The molecule has 4 rings (SSSR count). The first kappa shape index (κ1) is 32.0. The fourth-order valence-electron chi connectivity index (χ4n) is 4.81. The highest BCUT2D eigenvalue weighted by atomic mass is 79.9. The van der Waals surface area contributed by atoms with Crippen LogP contribution in [0.2, 0.25) is 0 Å². The quantitative estimate of drug-likeness (QED) is 0.201. The van der Waals surface area contributed by atoms with Crippen molar-refractivity contribution in [3.63, 3.8) is 0 Å². The standard InChI is InChI=1S/C34H36BrN3O4S/c1-4-36-34(40)32(21-27-12-6-5-7-13-27)37(23-28-14-9-8-11-26(28)3)33(39)24-38(30-16-10-15-29(35)22-30)43(41,42)31-19-17-25(2)18-20-31/h5-20,22,32H,4,21,23-24H2,1-3H3,(H,36,40)/t32-/m1/s1. The molecule has 0 heterocycles. The van der Waals surface area contributed by atoms with E-state index in [1.807, 2.05) is 75.4 Å². The van der Waals surface area contributed by atoms with E-state index in [0.29, 0.717) is 16.7 Å². The number of anilines is 1. The molecule has 9 heteroatoms. The van der Waals surface area contributed by atoms with Crippen LogP contribution >= 0.6 is 15.9 Å². The molecule has 4 aromatic rings. The highest BCUT2D eigenvalue weighted by Crippen LogP contribution is 2.27. The Morgan fingerprint density at radius 1 is 0.860 bits per heavy atom. The first-order valence-electron chi connectivity index (χ1n) is 14.1. The van der Waals surface area contributed by atoms with Crippen LogP contribution in [0.25, 0.3) is 0 Å². The lowest BCUT2D eigenvalue weighted by Gasteiger charge is -2.34. The van der Waals surface area contributed by atoms with Crippen molar-refractivity contribution in [2.45, 2.75) is 44.7 Å². The minimum atomic E-state index is -4.15. The number of carbonyl (C=O) groups is 2. The zero-order valence-corrected chi connectivity index (χ0v) is 26.9. The van der Waals surface area contributed by atoms with Crippen molar-refractivity contribution in [3.8, 4) is 0 Å². The lowest BCUT2D eigenvalue weighted by atomic mass is 10.0. The van der Waals surface area contributed by atoms with Gasteiger partial charge in [0.15, 0.2) is 0 Å². The van der Waals surface area contributed by atoms with E-state index in [-0.39, 0.29) is 23.8 Å². The van der Waals surface area contributed by atoms with Crippen LogP contribution in [0.1, 0.15) is 29.2 Å². The van der Waals surface area contributed by atoms with Gasteiger partial charge in [-0.3, -0.25) is 13.9 Å². The van der Waals surface area contributed by atoms with Gasteiger partial charge in [-0.2, -0.15) is 0 Å². The van der Waals surface area contributed by atoms with Gasteiger partial charge in [0.05, 0.1) is 10.6 Å². The van der Waals surface area contributed by atoms with Gasteiger partial charge in [-0.15, -0.1) is 0 Å². The summed E-state index contributed by atoms with van der Waals surface area (Å²) >= 11 is 3.44. The lowest BCUT2D eigenvalue weighted by molar-refractivity contribution is -0.140. The molecule has 0 bridgehead atoms. The molecule has 0 aliphatic heterocycles. The number of sulfonamides is 1. The largest absolute Gasteiger partial charge is 0.355 e. The van der Waals surface area contributed by atoms with Gasteiger partial charge in [0, 0.05) is 24.0 Å². The molecule has 0 unspecified atom stereocenters. The molecule has 0 fully saturated rings. The van der Waals surface area contributed by atoms with Crippen molar-refractivity contribution in [1.29, 1.82) is 0 Å². The maximum atomic E-state index is 14.4. The SMILES string of the molecule is CCNC(=O)[C@@H](Cc1ccccc1)N(Cc1ccccc1C)C(=O)CN(c1cccc(Br)c1)S(=O)(=O)c1ccc(C)cc1. The lowest BCUT2D eigenvalue weighted by Crippen LogP contribution is -2.53. The van der Waals surface area contributed by atoms with Gasteiger partial charge in [0.2, 0.25) is 11.8 Å². The maximum absolute atomic E-state index is 14.4. The Kier molecular flexibility index (Phi) is 10.8. The second kappa shape index (κ2) is 14.5. The Hall–Kier alpha value is -3.95. The molecule has 2 amide bonds. The summed E-state index contributed by atoms with van der Waals surface area (Å²) < 4.78 is 30.0. The second-order valence-electron chi connectivity index (χ2n) is 10.4. The van der Waals surface area contributed by atoms with Crippen LogP contribution < -0.4 is 9.62 Å². The molecular weight excluding hydrogens is 626 g/mol. The Balaban J connectivity index is 1.80. The summed E-state index contributed by atoms with van der Waals surface area (Å²) in [7, 11) is -4.15. The van der Waals surface area contributed by atoms with E-state index in [2.05, 4.69) is 21.2 Å². The molecule has 1 N–H and O–H groups in total. The number of nitrogens with zero attached hydrogens (tertiary/aromatic N) is 2. The summed E-state index contributed by atoms with van der Waals surface area (Å²) in [4.78, 5) is 29.6. The molecule has 43 heavy (non-hydrogen) atoms. The summed E-state index contributed by atoms with van der Waals surface area (Å²) in [6.45, 7) is 5.69. The Bertz CT molecular complexity index is 1660. The summed E-state index contributed by atoms with van der Waals surface area (Å²) in [5.74, 6) is -0.796. The molecule has 0 radical (unpaired) electrons. The van der Waals surface area contributed by atoms with E-state index in [9.17, 15) is 18.0 Å². The van der Waals surface area contributed by atoms with Crippen molar-refractivity contribution < 1.29 is 18.0 Å². The third-order valence-corrected chi connectivity index (χ3v) is 9.49. The van der Waals surface area contributed by atoms with Crippen molar-refractivity contribution in [2.75, 3.05) is 17.4 Å². The van der Waals surface area contributed by atoms with E-state index in [0.717, 1.165) is 26.6 Å². The van der Waals surface area contributed by atoms with Gasteiger partial charge < -0.3 is 10.2 Å². The van der Waals surface area contributed by atoms with E-state index in [1.165, 1.54) is 17.0 Å². The number of amides is 2. The first-order valence-corrected chi connectivity index (χ1v) is 16.3. The minimum Gasteiger partial charge on any atom is -0.355 e. The number of carbonyl (C=O) groups excluding carboxylic acids is 2. The molecule has 4 aromatic carbocycles. The Labute approximate surface area is 262 Å². The van der Waals surface area contributed by atoms with Crippen LogP contribution in [-0.4, -0.2) is 44.3 Å². The number of likely N-dealkylation sites (N-methyl/N-ethyl adjacent to an activating group) is 1. The zero-order chi connectivity index (χ0) is 31.0. The average Bonchev–Trinajstić information content (AvgIpc) is 2.99. The number of rotatable bonds is 12. The number of hydrogen-bond acceptors (Lipinski definition) is 4. The highest BCUT2D eigenvalue weighted by Gasteiger charge is 2.34. The summed E-state index contributed by atoms with van der Waals surface area (Å²) in [5, 5.41) is 2.88. The zero-order valence-electron chi connectivity index (χ0n) is 24.5. The van der Waals surface area contributed by atoms with Crippen LogP contribution in [0.3, 0.4) is 0 Å². The number of aryl methyl sites for hydroxylation is 2. The predicted molar refractivity (Wildman–Crippen MR) is 174 cm³/mol. The van der Waals surface area contributed by atoms with Gasteiger partial charge in [0.25, 0.3) is 10.0 Å². The van der Waals surface area contributed by atoms with E-state index >= 15 is 0 Å². The van der Waals surface area contributed by atoms with Crippen LogP contribution in [0.5, 0.6) is 0 Å². The molecule has 0 saturated carbocycles. The maximum Gasteiger partial charge on any atom is 0.264 e. The molecular formula is C34H36BrN3O4S. The van der Waals surface area contributed by atoms with Gasteiger partial charge in [-0.05, 0) is 67.8 Å². The van der Waals surface area contributed by atoms with Crippen LogP contribution in [0, 0.1) is 13.8 Å². The molecule has 0 aromatic heterocycles. The summed E-state index contributed by atoms with van der Waals surface area (Å²) in [6, 6.07) is 29.7. The molecule has 0 saturated heterocycles. The van der Waals surface area contributed by atoms with Crippen LogP contribution in [-0.2, 0) is 32.6 Å². The number of nitrogens with one attached hydrogen (secondary N) is 1. The fourth-order valence-corrected chi connectivity index (χ4v) is 6.61. The topological polar surface area (TPSA) is 86.8 Å². The molecule has 7 nitrogen and oxygen atoms in total. The fraction of sp³-hybridized carbons (Fsp3) is 0.235. The van der Waals surface area contributed by atoms with Crippen molar-refractivity contribution in [2.24, 2.45) is 0 Å². The van der Waals surface area contributed by atoms with Crippen LogP contribution in [0.15, 0.2) is 112 Å². The summed E-state index contributed by atoms with van der Waals surface area (Å²) in [6.07, 6.45) is 0.270.